The Kier molecular flexibility index (Phi) is 6.12. The number of benzene rings is 1. The van der Waals surface area contributed by atoms with Crippen LogP contribution < -0.4 is 10.1 Å². The summed E-state index contributed by atoms with van der Waals surface area (Å²) in [6, 6.07) is 4.18. The van der Waals surface area contributed by atoms with Gasteiger partial charge >= 0.3 is 6.18 Å². The Labute approximate surface area is 152 Å². The summed E-state index contributed by atoms with van der Waals surface area (Å²) in [7, 11) is -3.55. The van der Waals surface area contributed by atoms with Crippen molar-refractivity contribution in [3.63, 3.8) is 0 Å². The van der Waals surface area contributed by atoms with E-state index in [1.165, 1.54) is 25.1 Å². The fourth-order valence-electron chi connectivity index (χ4n) is 2.04. The number of carbonyl (C=O) groups excluding carboxylic acids is 1. The number of rotatable bonds is 7. The van der Waals surface area contributed by atoms with E-state index in [0.29, 0.717) is 16.6 Å². The van der Waals surface area contributed by atoms with Crippen LogP contribution >= 0.6 is 11.3 Å². The van der Waals surface area contributed by atoms with Gasteiger partial charge in [0.05, 0.1) is 16.0 Å². The van der Waals surface area contributed by atoms with Crippen LogP contribution in [0.25, 0.3) is 10.2 Å². The van der Waals surface area contributed by atoms with Gasteiger partial charge < -0.3 is 10.1 Å². The van der Waals surface area contributed by atoms with Gasteiger partial charge in [0.25, 0.3) is 0 Å². The average Bonchev–Trinajstić information content (AvgIpc) is 2.92. The number of ether oxygens (including phenoxy) is 1. The molecule has 1 atom stereocenters. The number of aromatic nitrogens is 1. The monoisotopic (exact) mass is 410 g/mol. The third-order valence-corrected chi connectivity index (χ3v) is 6.59. The van der Waals surface area contributed by atoms with E-state index in [9.17, 15) is 26.4 Å². The maximum absolute atomic E-state index is 12.2. The van der Waals surface area contributed by atoms with Gasteiger partial charge in [-0.1, -0.05) is 18.3 Å². The number of anilines is 1. The molecule has 0 saturated heterocycles. The van der Waals surface area contributed by atoms with Crippen LogP contribution in [-0.2, 0) is 14.6 Å². The van der Waals surface area contributed by atoms with Crippen molar-refractivity contribution in [2.45, 2.75) is 31.7 Å². The second-order valence-electron chi connectivity index (χ2n) is 5.55. The Bertz CT molecular complexity index is 894. The Morgan fingerprint density at radius 2 is 2.08 bits per heavy atom. The molecule has 144 valence electrons. The third kappa shape index (κ3) is 5.31. The SMILES string of the molecule is CCCS(=O)(=O)C(C)C(=O)Nc1nc2ccc(OCC(F)(F)F)cc2s1. The van der Waals surface area contributed by atoms with Gasteiger partial charge in [0.1, 0.15) is 11.0 Å². The Morgan fingerprint density at radius 3 is 2.69 bits per heavy atom. The molecule has 2 rings (SSSR count). The summed E-state index contributed by atoms with van der Waals surface area (Å²) in [5.41, 5.74) is 0.453. The van der Waals surface area contributed by atoms with Crippen LogP contribution in [0.3, 0.4) is 0 Å². The number of alkyl halides is 3. The van der Waals surface area contributed by atoms with Crippen LogP contribution in [0, 0.1) is 0 Å². The highest BCUT2D eigenvalue weighted by molar-refractivity contribution is 7.92. The van der Waals surface area contributed by atoms with Crippen molar-refractivity contribution in [3.05, 3.63) is 18.2 Å². The first-order valence-electron chi connectivity index (χ1n) is 7.64. The van der Waals surface area contributed by atoms with E-state index < -0.39 is 33.8 Å². The maximum Gasteiger partial charge on any atom is 0.422 e. The quantitative estimate of drug-likeness (QED) is 0.756. The van der Waals surface area contributed by atoms with Crippen molar-refractivity contribution in [1.82, 2.24) is 4.98 Å². The molecule has 1 unspecified atom stereocenters. The lowest BCUT2D eigenvalue weighted by Gasteiger charge is -2.10. The molecular formula is C15H17F3N2O4S2. The lowest BCUT2D eigenvalue weighted by molar-refractivity contribution is -0.153. The van der Waals surface area contributed by atoms with Crippen molar-refractivity contribution in [1.29, 1.82) is 0 Å². The van der Waals surface area contributed by atoms with E-state index in [-0.39, 0.29) is 16.6 Å². The smallest absolute Gasteiger partial charge is 0.422 e. The molecule has 1 aromatic carbocycles. The molecule has 1 N–H and O–H groups in total. The zero-order valence-electron chi connectivity index (χ0n) is 14.0. The number of thiazole rings is 1. The second kappa shape index (κ2) is 7.78. The number of carbonyl (C=O) groups is 1. The standard InChI is InChI=1S/C15H17F3N2O4S2/c1-3-6-26(22,23)9(2)13(21)20-14-19-11-5-4-10(7-12(11)25-14)24-8-15(16,17)18/h4-5,7,9H,3,6,8H2,1-2H3,(H,19,20,21). The van der Waals surface area contributed by atoms with E-state index >= 15 is 0 Å². The Balaban J connectivity index is 2.12. The predicted molar refractivity (Wildman–Crippen MR) is 93.3 cm³/mol. The fourth-order valence-corrected chi connectivity index (χ4v) is 4.25. The minimum Gasteiger partial charge on any atom is -0.484 e. The van der Waals surface area contributed by atoms with Crippen molar-refractivity contribution in [2.24, 2.45) is 0 Å². The summed E-state index contributed by atoms with van der Waals surface area (Å²) >= 11 is 1.02. The normalized spacial score (nSPS) is 13.6. The number of nitrogens with one attached hydrogen (secondary N) is 1. The second-order valence-corrected chi connectivity index (χ2v) is 9.02. The van der Waals surface area contributed by atoms with Gasteiger partial charge in [0.2, 0.25) is 5.91 Å². The summed E-state index contributed by atoms with van der Waals surface area (Å²) < 4.78 is 65.7. The van der Waals surface area contributed by atoms with Gasteiger partial charge in [-0.15, -0.1) is 0 Å². The lowest BCUT2D eigenvalue weighted by Crippen LogP contribution is -2.33. The van der Waals surface area contributed by atoms with Gasteiger partial charge in [-0.05, 0) is 31.5 Å². The summed E-state index contributed by atoms with van der Waals surface area (Å²) in [4.78, 5) is 16.2. The highest BCUT2D eigenvalue weighted by Crippen LogP contribution is 2.30. The van der Waals surface area contributed by atoms with Crippen molar-refractivity contribution >= 4 is 42.4 Å². The molecule has 26 heavy (non-hydrogen) atoms. The van der Waals surface area contributed by atoms with Crippen molar-refractivity contribution in [2.75, 3.05) is 17.7 Å². The molecule has 0 aliphatic rings. The maximum atomic E-state index is 12.2. The number of nitrogens with zero attached hydrogens (tertiary/aromatic N) is 1. The molecule has 0 aliphatic carbocycles. The van der Waals surface area contributed by atoms with Crippen LogP contribution in [0.5, 0.6) is 5.75 Å². The highest BCUT2D eigenvalue weighted by atomic mass is 32.2. The van der Waals surface area contributed by atoms with E-state index in [4.69, 9.17) is 0 Å². The van der Waals surface area contributed by atoms with Crippen LogP contribution in [0.2, 0.25) is 0 Å². The van der Waals surface area contributed by atoms with E-state index in [1.807, 2.05) is 0 Å². The van der Waals surface area contributed by atoms with Gasteiger partial charge in [-0.2, -0.15) is 13.2 Å². The summed E-state index contributed by atoms with van der Waals surface area (Å²) in [6.45, 7) is 1.60. The summed E-state index contributed by atoms with van der Waals surface area (Å²) in [5.74, 6) is -0.775. The molecule has 1 aromatic heterocycles. The van der Waals surface area contributed by atoms with Crippen molar-refractivity contribution in [3.8, 4) is 5.75 Å². The van der Waals surface area contributed by atoms with Crippen molar-refractivity contribution < 1.29 is 31.1 Å². The first-order valence-corrected chi connectivity index (χ1v) is 10.2. The van der Waals surface area contributed by atoms with Gasteiger partial charge in [0, 0.05) is 0 Å². The first-order chi connectivity index (χ1) is 12.0. The average molecular weight is 410 g/mol. The molecule has 0 spiro atoms. The van der Waals surface area contributed by atoms with Crippen LogP contribution in [0.4, 0.5) is 18.3 Å². The predicted octanol–water partition coefficient (Wildman–Crippen LogP) is 3.39. The van der Waals surface area contributed by atoms with E-state index in [0.717, 1.165) is 11.3 Å². The first kappa shape index (κ1) is 20.4. The van der Waals surface area contributed by atoms with Gasteiger partial charge in [-0.3, -0.25) is 4.79 Å². The number of hydrogen-bond donors (Lipinski definition) is 1. The van der Waals surface area contributed by atoms with Crippen LogP contribution in [0.1, 0.15) is 20.3 Å². The molecule has 0 radical (unpaired) electrons. The Morgan fingerprint density at radius 1 is 1.38 bits per heavy atom. The van der Waals surface area contributed by atoms with E-state index in [2.05, 4.69) is 15.0 Å². The number of sulfone groups is 1. The molecule has 11 heteroatoms. The van der Waals surface area contributed by atoms with E-state index in [1.54, 1.807) is 6.92 Å². The number of hydrogen-bond acceptors (Lipinski definition) is 6. The number of amides is 1. The molecular weight excluding hydrogens is 393 g/mol. The molecule has 0 aliphatic heterocycles. The molecule has 0 saturated carbocycles. The zero-order chi connectivity index (χ0) is 19.5. The topological polar surface area (TPSA) is 85.4 Å². The molecule has 6 nitrogen and oxygen atoms in total. The van der Waals surface area contributed by atoms with Crippen LogP contribution in [0.15, 0.2) is 18.2 Å². The molecule has 1 heterocycles. The molecule has 1 amide bonds. The molecule has 0 fully saturated rings. The number of halogens is 3. The minimum absolute atomic E-state index is 0.0234. The summed E-state index contributed by atoms with van der Waals surface area (Å²) in [5, 5.41) is 1.38. The van der Waals surface area contributed by atoms with Gasteiger partial charge in [-0.25, -0.2) is 13.4 Å². The highest BCUT2D eigenvalue weighted by Gasteiger charge is 2.29. The fraction of sp³-hybridized carbons (Fsp3) is 0.467. The Hall–Kier alpha value is -1.88. The zero-order valence-corrected chi connectivity index (χ0v) is 15.6. The minimum atomic E-state index is -4.44. The molecule has 2 aromatic rings. The largest absolute Gasteiger partial charge is 0.484 e. The summed E-state index contributed by atoms with van der Waals surface area (Å²) in [6.07, 6.45) is -4.04. The third-order valence-electron chi connectivity index (χ3n) is 3.39. The van der Waals surface area contributed by atoms with Crippen LogP contribution in [-0.4, -0.2) is 43.1 Å². The van der Waals surface area contributed by atoms with Gasteiger partial charge in [0.15, 0.2) is 21.6 Å². The number of fused-ring (bicyclic) bond motifs is 1. The lowest BCUT2D eigenvalue weighted by atomic mass is 10.3. The molecule has 0 bridgehead atoms.